The van der Waals surface area contributed by atoms with E-state index in [1.165, 1.54) is 13.0 Å². The van der Waals surface area contributed by atoms with Crippen LogP contribution in [0.5, 0.6) is 0 Å². The van der Waals surface area contributed by atoms with Gasteiger partial charge < -0.3 is 0 Å². The standard InChI is InChI=1S/C10H11NO3S/c1-7-4-3-5-10(11(13)14)9(7)6-15-8(2)12/h3-5H,6H2,1-2H3. The van der Waals surface area contributed by atoms with Gasteiger partial charge in [-0.25, -0.2) is 0 Å². The fourth-order valence-electron chi connectivity index (χ4n) is 1.22. The summed E-state index contributed by atoms with van der Waals surface area (Å²) in [5.41, 5.74) is 1.56. The van der Waals surface area contributed by atoms with Crippen molar-refractivity contribution in [2.24, 2.45) is 0 Å². The Labute approximate surface area is 91.8 Å². The number of carbonyl (C=O) groups excluding carboxylic acids is 1. The first-order chi connectivity index (χ1) is 7.02. The Morgan fingerprint density at radius 3 is 2.73 bits per heavy atom. The molecule has 0 atom stereocenters. The molecule has 0 aliphatic rings. The topological polar surface area (TPSA) is 60.2 Å². The van der Waals surface area contributed by atoms with Crippen molar-refractivity contribution in [3.8, 4) is 0 Å². The molecule has 0 N–H and O–H groups in total. The van der Waals surface area contributed by atoms with Gasteiger partial charge in [0, 0.05) is 24.3 Å². The van der Waals surface area contributed by atoms with Crippen molar-refractivity contribution in [1.29, 1.82) is 0 Å². The summed E-state index contributed by atoms with van der Waals surface area (Å²) in [6, 6.07) is 4.92. The Bertz CT molecular complexity index is 404. The van der Waals surface area contributed by atoms with Gasteiger partial charge in [-0.3, -0.25) is 14.9 Å². The molecule has 1 aromatic carbocycles. The van der Waals surface area contributed by atoms with Crippen LogP contribution < -0.4 is 0 Å². The smallest absolute Gasteiger partial charge is 0.273 e. The average Bonchev–Trinajstić information content (AvgIpc) is 2.15. The van der Waals surface area contributed by atoms with E-state index < -0.39 is 4.92 Å². The second-order valence-corrected chi connectivity index (χ2v) is 4.26. The quantitative estimate of drug-likeness (QED) is 0.586. The molecular weight excluding hydrogens is 214 g/mol. The van der Waals surface area contributed by atoms with E-state index in [2.05, 4.69) is 0 Å². The van der Waals surface area contributed by atoms with Crippen molar-refractivity contribution in [3.05, 3.63) is 39.4 Å². The second kappa shape index (κ2) is 4.93. The Hall–Kier alpha value is -1.36. The third-order valence-corrected chi connectivity index (χ3v) is 2.84. The molecule has 1 aromatic rings. The Morgan fingerprint density at radius 1 is 1.53 bits per heavy atom. The van der Waals surface area contributed by atoms with E-state index in [0.29, 0.717) is 11.3 Å². The van der Waals surface area contributed by atoms with Gasteiger partial charge in [-0.1, -0.05) is 23.9 Å². The van der Waals surface area contributed by atoms with E-state index in [-0.39, 0.29) is 10.8 Å². The molecule has 1 rings (SSSR count). The van der Waals surface area contributed by atoms with Crippen LogP contribution in [-0.2, 0) is 10.5 Å². The summed E-state index contributed by atoms with van der Waals surface area (Å²) >= 11 is 1.09. The number of carbonyl (C=O) groups is 1. The van der Waals surface area contributed by atoms with Crippen LogP contribution in [0.3, 0.4) is 0 Å². The van der Waals surface area contributed by atoms with Gasteiger partial charge in [0.2, 0.25) is 0 Å². The predicted molar refractivity (Wildman–Crippen MR) is 59.8 cm³/mol. The molecule has 0 radical (unpaired) electrons. The van der Waals surface area contributed by atoms with Gasteiger partial charge in [0.25, 0.3) is 5.69 Å². The van der Waals surface area contributed by atoms with Crippen LogP contribution in [0.2, 0.25) is 0 Å². The molecule has 5 heteroatoms. The van der Waals surface area contributed by atoms with Gasteiger partial charge >= 0.3 is 0 Å². The minimum Gasteiger partial charge on any atom is -0.288 e. The normalized spacial score (nSPS) is 10.0. The molecule has 0 saturated heterocycles. The van der Waals surface area contributed by atoms with E-state index in [0.717, 1.165) is 17.3 Å². The zero-order chi connectivity index (χ0) is 11.4. The number of benzene rings is 1. The van der Waals surface area contributed by atoms with Crippen molar-refractivity contribution in [3.63, 3.8) is 0 Å². The van der Waals surface area contributed by atoms with Gasteiger partial charge in [-0.2, -0.15) is 0 Å². The van der Waals surface area contributed by atoms with Crippen molar-refractivity contribution < 1.29 is 9.72 Å². The maximum atomic E-state index is 10.8. The first-order valence-corrected chi connectivity index (χ1v) is 5.37. The monoisotopic (exact) mass is 225 g/mol. The van der Waals surface area contributed by atoms with Gasteiger partial charge in [0.1, 0.15) is 0 Å². The molecule has 0 aliphatic heterocycles. The van der Waals surface area contributed by atoms with Crippen LogP contribution in [0.25, 0.3) is 0 Å². The molecule has 0 amide bonds. The Morgan fingerprint density at radius 2 is 2.20 bits per heavy atom. The minimum absolute atomic E-state index is 0.0347. The molecule has 15 heavy (non-hydrogen) atoms. The number of hydrogen-bond acceptors (Lipinski definition) is 4. The molecule has 80 valence electrons. The largest absolute Gasteiger partial charge is 0.288 e. The number of rotatable bonds is 3. The molecule has 4 nitrogen and oxygen atoms in total. The van der Waals surface area contributed by atoms with Crippen molar-refractivity contribution in [2.75, 3.05) is 0 Å². The lowest BCUT2D eigenvalue weighted by molar-refractivity contribution is -0.385. The third-order valence-electron chi connectivity index (χ3n) is 2.00. The summed E-state index contributed by atoms with van der Waals surface area (Å²) in [4.78, 5) is 21.1. The third kappa shape index (κ3) is 3.06. The molecule has 0 aromatic heterocycles. The molecule has 0 fully saturated rings. The van der Waals surface area contributed by atoms with E-state index in [4.69, 9.17) is 0 Å². The highest BCUT2D eigenvalue weighted by molar-refractivity contribution is 8.12. The Balaban J connectivity index is 3.02. The van der Waals surface area contributed by atoms with Crippen molar-refractivity contribution >= 4 is 22.6 Å². The lowest BCUT2D eigenvalue weighted by atomic mass is 10.1. The number of aryl methyl sites for hydroxylation is 1. The highest BCUT2D eigenvalue weighted by Crippen LogP contribution is 2.26. The predicted octanol–water partition coefficient (Wildman–Crippen LogP) is 2.68. The fraction of sp³-hybridized carbons (Fsp3) is 0.300. The maximum Gasteiger partial charge on any atom is 0.273 e. The molecule has 0 spiro atoms. The summed E-state index contributed by atoms with van der Waals surface area (Å²) in [6.07, 6.45) is 0. The molecule has 0 aliphatic carbocycles. The molecule has 0 bridgehead atoms. The van der Waals surface area contributed by atoms with Crippen LogP contribution in [-0.4, -0.2) is 10.0 Å². The average molecular weight is 225 g/mol. The highest BCUT2D eigenvalue weighted by Gasteiger charge is 2.15. The second-order valence-electron chi connectivity index (χ2n) is 3.11. The summed E-state index contributed by atoms with van der Waals surface area (Å²) in [7, 11) is 0. The van der Waals surface area contributed by atoms with Crippen molar-refractivity contribution in [1.82, 2.24) is 0 Å². The summed E-state index contributed by atoms with van der Waals surface area (Å²) < 4.78 is 0. The van der Waals surface area contributed by atoms with Crippen LogP contribution in [0.4, 0.5) is 5.69 Å². The number of nitro benzene ring substituents is 1. The maximum absolute atomic E-state index is 10.8. The number of hydrogen-bond donors (Lipinski definition) is 0. The van der Waals surface area contributed by atoms with E-state index in [1.807, 2.05) is 13.0 Å². The molecule has 0 unspecified atom stereocenters. The first kappa shape index (κ1) is 11.7. The summed E-state index contributed by atoms with van der Waals surface area (Å²) in [5.74, 6) is 0.359. The van der Waals surface area contributed by atoms with Crippen molar-refractivity contribution in [2.45, 2.75) is 19.6 Å². The zero-order valence-corrected chi connectivity index (χ0v) is 9.34. The Kier molecular flexibility index (Phi) is 3.85. The number of thioether (sulfide) groups is 1. The van der Waals surface area contributed by atoms with Gasteiger partial charge in [0.05, 0.1) is 4.92 Å². The summed E-state index contributed by atoms with van der Waals surface area (Å²) in [5, 5.41) is 10.7. The minimum atomic E-state index is -0.414. The fourth-order valence-corrected chi connectivity index (χ4v) is 1.94. The molecular formula is C10H11NO3S. The molecule has 0 saturated carbocycles. The number of nitrogens with zero attached hydrogens (tertiary/aromatic N) is 1. The lowest BCUT2D eigenvalue weighted by Gasteiger charge is -2.04. The van der Waals surface area contributed by atoms with Crippen LogP contribution in [0.1, 0.15) is 18.1 Å². The van der Waals surface area contributed by atoms with Crippen LogP contribution in [0.15, 0.2) is 18.2 Å². The van der Waals surface area contributed by atoms with E-state index >= 15 is 0 Å². The first-order valence-electron chi connectivity index (χ1n) is 4.38. The highest BCUT2D eigenvalue weighted by atomic mass is 32.2. The van der Waals surface area contributed by atoms with Crippen LogP contribution >= 0.6 is 11.8 Å². The van der Waals surface area contributed by atoms with E-state index in [1.54, 1.807) is 6.07 Å². The lowest BCUT2D eigenvalue weighted by Crippen LogP contribution is -1.97. The van der Waals surface area contributed by atoms with Crippen LogP contribution in [0, 0.1) is 17.0 Å². The summed E-state index contributed by atoms with van der Waals surface area (Å²) in [6.45, 7) is 3.26. The van der Waals surface area contributed by atoms with E-state index in [9.17, 15) is 14.9 Å². The zero-order valence-electron chi connectivity index (χ0n) is 8.52. The van der Waals surface area contributed by atoms with Gasteiger partial charge in [0.15, 0.2) is 5.12 Å². The van der Waals surface area contributed by atoms with Gasteiger partial charge in [-0.15, -0.1) is 0 Å². The SMILES string of the molecule is CC(=O)SCc1c(C)cccc1[N+](=O)[O-]. The number of nitro groups is 1. The van der Waals surface area contributed by atoms with Gasteiger partial charge in [-0.05, 0) is 12.5 Å². The molecule has 0 heterocycles.